The summed E-state index contributed by atoms with van der Waals surface area (Å²) < 4.78 is 5.60. The molecule has 1 aromatic heterocycles. The lowest BCUT2D eigenvalue weighted by molar-refractivity contribution is -0.0387. The Kier molecular flexibility index (Phi) is 5.53. The summed E-state index contributed by atoms with van der Waals surface area (Å²) in [5.74, 6) is 0.959. The number of thioether (sulfide) groups is 1. The van der Waals surface area contributed by atoms with Gasteiger partial charge >= 0.3 is 0 Å². The minimum absolute atomic E-state index is 0.0847. The van der Waals surface area contributed by atoms with Gasteiger partial charge in [-0.1, -0.05) is 6.07 Å². The van der Waals surface area contributed by atoms with Crippen molar-refractivity contribution in [1.29, 1.82) is 0 Å². The molecule has 0 radical (unpaired) electrons. The van der Waals surface area contributed by atoms with Gasteiger partial charge in [0.15, 0.2) is 0 Å². The number of nitrogens with zero attached hydrogens (tertiary/aromatic N) is 2. The van der Waals surface area contributed by atoms with Gasteiger partial charge in [-0.25, -0.2) is 0 Å². The van der Waals surface area contributed by atoms with Crippen LogP contribution in [0.15, 0.2) is 53.7 Å². The summed E-state index contributed by atoms with van der Waals surface area (Å²) in [6.45, 7) is 5.29. The van der Waals surface area contributed by atoms with Crippen molar-refractivity contribution in [2.75, 3.05) is 13.2 Å². The number of pyridine rings is 1. The van der Waals surface area contributed by atoms with Crippen LogP contribution in [0.1, 0.15) is 29.8 Å². The molecule has 1 aliphatic heterocycles. The van der Waals surface area contributed by atoms with Crippen molar-refractivity contribution in [3.05, 3.63) is 59.9 Å². The lowest BCUT2D eigenvalue weighted by atomic mass is 10.1. The SMILES string of the molecule is C[C@@H]1CN(C(=O)c2ccc(SCc3cccnc3)cc2)[C@@H](C)CO1. The number of aromatic nitrogens is 1. The molecule has 0 spiro atoms. The molecule has 4 nitrogen and oxygen atoms in total. The summed E-state index contributed by atoms with van der Waals surface area (Å²) in [6.07, 6.45) is 3.76. The van der Waals surface area contributed by atoms with Crippen molar-refractivity contribution in [3.8, 4) is 0 Å². The summed E-state index contributed by atoms with van der Waals surface area (Å²) in [4.78, 5) is 19.9. The van der Waals surface area contributed by atoms with Crippen molar-refractivity contribution in [2.24, 2.45) is 0 Å². The van der Waals surface area contributed by atoms with Gasteiger partial charge in [-0.2, -0.15) is 0 Å². The number of hydrogen-bond acceptors (Lipinski definition) is 4. The Bertz CT molecular complexity index is 676. The van der Waals surface area contributed by atoms with E-state index in [4.69, 9.17) is 4.74 Å². The first-order valence-electron chi connectivity index (χ1n) is 8.18. The van der Waals surface area contributed by atoms with Crippen LogP contribution in [0.5, 0.6) is 0 Å². The molecule has 0 bridgehead atoms. The number of amides is 1. The van der Waals surface area contributed by atoms with Crippen LogP contribution >= 0.6 is 11.8 Å². The molecule has 0 N–H and O–H groups in total. The van der Waals surface area contributed by atoms with Gasteiger partial charge in [0.05, 0.1) is 18.8 Å². The lowest BCUT2D eigenvalue weighted by Crippen LogP contribution is -2.50. The second-order valence-corrected chi connectivity index (χ2v) is 7.17. The van der Waals surface area contributed by atoms with Crippen molar-refractivity contribution < 1.29 is 9.53 Å². The Morgan fingerprint density at radius 1 is 1.29 bits per heavy atom. The molecule has 24 heavy (non-hydrogen) atoms. The zero-order chi connectivity index (χ0) is 16.9. The van der Waals surface area contributed by atoms with Crippen molar-refractivity contribution >= 4 is 17.7 Å². The van der Waals surface area contributed by atoms with Gasteiger partial charge in [0.2, 0.25) is 0 Å². The first-order valence-corrected chi connectivity index (χ1v) is 9.16. The van der Waals surface area contributed by atoms with Crippen LogP contribution in [0.4, 0.5) is 0 Å². The first kappa shape index (κ1) is 17.0. The van der Waals surface area contributed by atoms with Crippen molar-refractivity contribution in [2.45, 2.75) is 36.6 Å². The van der Waals surface area contributed by atoms with Gasteiger partial charge in [-0.3, -0.25) is 9.78 Å². The first-order chi connectivity index (χ1) is 11.6. The number of benzene rings is 1. The predicted octanol–water partition coefficient (Wildman–Crippen LogP) is 3.62. The van der Waals surface area contributed by atoms with E-state index >= 15 is 0 Å². The molecule has 2 atom stereocenters. The molecule has 1 saturated heterocycles. The Balaban J connectivity index is 1.62. The van der Waals surface area contributed by atoms with Gasteiger partial charge in [0.25, 0.3) is 5.91 Å². The van der Waals surface area contributed by atoms with Gasteiger partial charge < -0.3 is 9.64 Å². The van der Waals surface area contributed by atoms with Crippen LogP contribution in [-0.2, 0) is 10.5 Å². The molecule has 3 rings (SSSR count). The fourth-order valence-corrected chi connectivity index (χ4v) is 3.53. The molecule has 2 heterocycles. The number of rotatable bonds is 4. The van der Waals surface area contributed by atoms with Gasteiger partial charge in [-0.05, 0) is 49.7 Å². The normalized spacial score (nSPS) is 20.8. The van der Waals surface area contributed by atoms with Crippen LogP contribution in [0.3, 0.4) is 0 Å². The molecule has 1 aliphatic rings. The highest BCUT2D eigenvalue weighted by Crippen LogP contribution is 2.23. The van der Waals surface area contributed by atoms with E-state index in [1.165, 1.54) is 5.56 Å². The minimum Gasteiger partial charge on any atom is -0.375 e. The molecule has 0 aliphatic carbocycles. The molecule has 0 unspecified atom stereocenters. The Hall–Kier alpha value is -1.85. The minimum atomic E-state index is 0.0847. The molecule has 0 saturated carbocycles. The number of ether oxygens (including phenoxy) is 1. The largest absolute Gasteiger partial charge is 0.375 e. The Labute approximate surface area is 147 Å². The summed E-state index contributed by atoms with van der Waals surface area (Å²) in [5, 5.41) is 0. The highest BCUT2D eigenvalue weighted by molar-refractivity contribution is 7.98. The summed E-state index contributed by atoms with van der Waals surface area (Å²) in [7, 11) is 0. The fraction of sp³-hybridized carbons (Fsp3) is 0.368. The summed E-state index contributed by atoms with van der Waals surface area (Å²) >= 11 is 1.75. The van der Waals surface area contributed by atoms with Crippen LogP contribution in [0.25, 0.3) is 0 Å². The van der Waals surface area contributed by atoms with Crippen LogP contribution in [-0.4, -0.2) is 41.1 Å². The highest BCUT2D eigenvalue weighted by Gasteiger charge is 2.28. The quantitative estimate of drug-likeness (QED) is 0.796. The number of morpholine rings is 1. The average molecular weight is 342 g/mol. The van der Waals surface area contributed by atoms with Gasteiger partial charge in [0.1, 0.15) is 0 Å². The van der Waals surface area contributed by atoms with Gasteiger partial charge in [0, 0.05) is 35.2 Å². The molecule has 1 fully saturated rings. The number of hydrogen-bond donors (Lipinski definition) is 0. The summed E-state index contributed by atoms with van der Waals surface area (Å²) in [5.41, 5.74) is 1.93. The van der Waals surface area contributed by atoms with E-state index < -0.39 is 0 Å². The van der Waals surface area contributed by atoms with Crippen LogP contribution in [0, 0.1) is 0 Å². The lowest BCUT2D eigenvalue weighted by Gasteiger charge is -2.36. The standard InChI is InChI=1S/C19H22N2O2S/c1-14-12-23-15(2)11-21(14)19(22)17-5-7-18(8-6-17)24-13-16-4-3-9-20-10-16/h3-10,14-15H,11-13H2,1-2H3/t14-,15+/m0/s1. The van der Waals surface area contributed by atoms with E-state index in [-0.39, 0.29) is 18.1 Å². The summed E-state index contributed by atoms with van der Waals surface area (Å²) in [6, 6.07) is 12.0. The zero-order valence-electron chi connectivity index (χ0n) is 14.0. The maximum Gasteiger partial charge on any atom is 0.254 e. The van der Waals surface area contributed by atoms with Crippen LogP contribution < -0.4 is 0 Å². The maximum atomic E-state index is 12.7. The van der Waals surface area contributed by atoms with Crippen molar-refractivity contribution in [3.63, 3.8) is 0 Å². The molecule has 5 heteroatoms. The molecule has 2 aromatic rings. The van der Waals surface area contributed by atoms with E-state index in [1.54, 1.807) is 18.0 Å². The predicted molar refractivity (Wildman–Crippen MR) is 96.2 cm³/mol. The monoisotopic (exact) mass is 342 g/mol. The van der Waals surface area contributed by atoms with Gasteiger partial charge in [-0.15, -0.1) is 11.8 Å². The second-order valence-electron chi connectivity index (χ2n) is 6.12. The van der Waals surface area contributed by atoms with Crippen LogP contribution in [0.2, 0.25) is 0 Å². The maximum absolute atomic E-state index is 12.7. The van der Waals surface area contributed by atoms with E-state index in [0.29, 0.717) is 13.2 Å². The molecule has 126 valence electrons. The molecular formula is C19H22N2O2S. The molecule has 1 aromatic carbocycles. The van der Waals surface area contributed by atoms with E-state index in [2.05, 4.69) is 11.1 Å². The third kappa shape index (κ3) is 4.16. The second kappa shape index (κ2) is 7.81. The molecule has 1 amide bonds. The van der Waals surface area contributed by atoms with E-state index in [0.717, 1.165) is 16.2 Å². The third-order valence-electron chi connectivity index (χ3n) is 4.10. The average Bonchev–Trinajstić information content (AvgIpc) is 2.63. The smallest absolute Gasteiger partial charge is 0.254 e. The topological polar surface area (TPSA) is 42.4 Å². The third-order valence-corrected chi connectivity index (χ3v) is 5.18. The fourth-order valence-electron chi connectivity index (χ4n) is 2.70. The molecular weight excluding hydrogens is 320 g/mol. The zero-order valence-corrected chi connectivity index (χ0v) is 14.8. The number of carbonyl (C=O) groups excluding carboxylic acids is 1. The number of carbonyl (C=O) groups is 1. The van der Waals surface area contributed by atoms with E-state index in [9.17, 15) is 4.79 Å². The Morgan fingerprint density at radius 3 is 2.79 bits per heavy atom. The van der Waals surface area contributed by atoms with E-state index in [1.807, 2.05) is 55.3 Å². The van der Waals surface area contributed by atoms with Crippen molar-refractivity contribution in [1.82, 2.24) is 9.88 Å². The highest BCUT2D eigenvalue weighted by atomic mass is 32.2. The Morgan fingerprint density at radius 2 is 2.08 bits per heavy atom.